The van der Waals surface area contributed by atoms with Crippen LogP contribution in [0.15, 0.2) is 35.5 Å². The highest BCUT2D eigenvalue weighted by atomic mass is 16.3. The Morgan fingerprint density at radius 1 is 1.22 bits per heavy atom. The maximum Gasteiger partial charge on any atom is 0.165 e. The first-order valence-corrected chi connectivity index (χ1v) is 9.68. The number of hydrogen-bond acceptors (Lipinski definition) is 6. The van der Waals surface area contributed by atoms with Crippen molar-refractivity contribution in [2.45, 2.75) is 64.1 Å². The molecule has 0 atom stereocenters. The molecule has 4 rings (SSSR count). The summed E-state index contributed by atoms with van der Waals surface area (Å²) in [6, 6.07) is 6.58. The molecule has 0 radical (unpaired) electrons. The van der Waals surface area contributed by atoms with Crippen LogP contribution in [0, 0.1) is 11.3 Å². The molecule has 0 spiro atoms. The van der Waals surface area contributed by atoms with E-state index in [1.54, 1.807) is 12.6 Å². The van der Waals surface area contributed by atoms with Gasteiger partial charge in [-0.25, -0.2) is 15.0 Å². The fourth-order valence-electron chi connectivity index (χ4n) is 3.89. The average molecular weight is 364 g/mol. The van der Waals surface area contributed by atoms with Crippen LogP contribution in [-0.4, -0.2) is 25.6 Å². The Bertz CT molecular complexity index is 904. The van der Waals surface area contributed by atoms with Crippen molar-refractivity contribution < 1.29 is 4.42 Å². The number of rotatable bonds is 8. The largest absolute Gasteiger partial charge is 0.467 e. The van der Waals surface area contributed by atoms with Crippen molar-refractivity contribution in [2.75, 3.05) is 4.90 Å². The molecule has 7 nitrogen and oxygen atoms in total. The zero-order valence-corrected chi connectivity index (χ0v) is 15.4. The van der Waals surface area contributed by atoms with Gasteiger partial charge in [-0.1, -0.05) is 12.8 Å². The van der Waals surface area contributed by atoms with Crippen LogP contribution in [0.4, 0.5) is 5.82 Å². The third-order valence-electron chi connectivity index (χ3n) is 5.26. The van der Waals surface area contributed by atoms with Gasteiger partial charge in [-0.2, -0.15) is 5.26 Å². The van der Waals surface area contributed by atoms with E-state index in [4.69, 9.17) is 9.68 Å². The van der Waals surface area contributed by atoms with Crippen molar-refractivity contribution >= 4 is 17.0 Å². The Kier molecular flexibility index (Phi) is 5.33. The van der Waals surface area contributed by atoms with Crippen molar-refractivity contribution in [1.29, 1.82) is 5.26 Å². The Labute approximate surface area is 158 Å². The highest BCUT2D eigenvalue weighted by molar-refractivity contribution is 5.83. The lowest BCUT2D eigenvalue weighted by molar-refractivity contribution is 0.482. The lowest BCUT2D eigenvalue weighted by Gasteiger charge is -2.29. The van der Waals surface area contributed by atoms with Gasteiger partial charge in [0.05, 0.1) is 25.2 Å². The lowest BCUT2D eigenvalue weighted by Crippen LogP contribution is -2.33. The number of imidazole rings is 1. The second kappa shape index (κ2) is 8.21. The predicted molar refractivity (Wildman–Crippen MR) is 102 cm³/mol. The molecule has 0 aliphatic heterocycles. The molecular weight excluding hydrogens is 340 g/mol. The number of aryl methyl sites for hydroxylation is 1. The molecule has 1 fully saturated rings. The van der Waals surface area contributed by atoms with Gasteiger partial charge < -0.3 is 13.9 Å². The fraction of sp³-hybridized carbons (Fsp3) is 0.500. The van der Waals surface area contributed by atoms with Crippen LogP contribution in [0.25, 0.3) is 11.2 Å². The van der Waals surface area contributed by atoms with Crippen LogP contribution in [0.5, 0.6) is 0 Å². The van der Waals surface area contributed by atoms with Crippen molar-refractivity contribution in [3.8, 4) is 6.07 Å². The van der Waals surface area contributed by atoms with E-state index in [1.165, 1.54) is 25.7 Å². The highest BCUT2D eigenvalue weighted by Crippen LogP contribution is 2.32. The number of nitrogens with zero attached hydrogens (tertiary/aromatic N) is 6. The molecular formula is C20H24N6O. The summed E-state index contributed by atoms with van der Waals surface area (Å²) in [7, 11) is 0. The molecule has 0 saturated heterocycles. The molecule has 0 bridgehead atoms. The molecule has 1 aliphatic carbocycles. The molecule has 27 heavy (non-hydrogen) atoms. The minimum atomic E-state index is 0.453. The second-order valence-corrected chi connectivity index (χ2v) is 7.07. The van der Waals surface area contributed by atoms with Crippen LogP contribution >= 0.6 is 0 Å². The van der Waals surface area contributed by atoms with E-state index in [0.29, 0.717) is 19.0 Å². The molecule has 3 aromatic rings. The summed E-state index contributed by atoms with van der Waals surface area (Å²) in [5.41, 5.74) is 1.70. The van der Waals surface area contributed by atoms with Gasteiger partial charge in [-0.3, -0.25) is 0 Å². The maximum absolute atomic E-state index is 8.70. The summed E-state index contributed by atoms with van der Waals surface area (Å²) in [6.07, 6.45) is 12.4. The minimum absolute atomic E-state index is 0.453. The normalized spacial score (nSPS) is 14.6. The molecule has 1 saturated carbocycles. The van der Waals surface area contributed by atoms with Crippen molar-refractivity contribution in [2.24, 2.45) is 0 Å². The Hall–Kier alpha value is -2.88. The Morgan fingerprint density at radius 2 is 2.11 bits per heavy atom. The Morgan fingerprint density at radius 3 is 2.89 bits per heavy atom. The van der Waals surface area contributed by atoms with Gasteiger partial charge in [0.1, 0.15) is 12.1 Å². The lowest BCUT2D eigenvalue weighted by atomic mass is 10.2. The Balaban J connectivity index is 1.63. The molecule has 3 aromatic heterocycles. The summed E-state index contributed by atoms with van der Waals surface area (Å²) in [5.74, 6) is 1.82. The first-order valence-electron chi connectivity index (χ1n) is 9.68. The van der Waals surface area contributed by atoms with E-state index in [-0.39, 0.29) is 0 Å². The standard InChI is InChI=1S/C20H24N6O/c21-10-4-1-5-11-25-15-24-18-19(25)22-14-23-20(18)26(16-7-2-3-8-16)13-17-9-6-12-27-17/h6,9,12,14-16H,1-5,7-8,11,13H2. The van der Waals surface area contributed by atoms with Gasteiger partial charge >= 0.3 is 0 Å². The first kappa shape index (κ1) is 17.5. The molecule has 3 heterocycles. The van der Waals surface area contributed by atoms with Gasteiger partial charge in [0, 0.05) is 19.0 Å². The molecule has 0 amide bonds. The van der Waals surface area contributed by atoms with Gasteiger partial charge in [0.15, 0.2) is 17.0 Å². The highest BCUT2D eigenvalue weighted by Gasteiger charge is 2.27. The summed E-state index contributed by atoms with van der Waals surface area (Å²) >= 11 is 0. The topological polar surface area (TPSA) is 83.8 Å². The van der Waals surface area contributed by atoms with Crippen LogP contribution in [0.2, 0.25) is 0 Å². The number of unbranched alkanes of at least 4 members (excludes halogenated alkanes) is 2. The van der Waals surface area contributed by atoms with E-state index < -0.39 is 0 Å². The van der Waals surface area contributed by atoms with E-state index in [9.17, 15) is 0 Å². The molecule has 0 N–H and O–H groups in total. The summed E-state index contributed by atoms with van der Waals surface area (Å²) in [5, 5.41) is 8.70. The second-order valence-electron chi connectivity index (χ2n) is 7.07. The van der Waals surface area contributed by atoms with E-state index in [1.807, 2.05) is 18.5 Å². The van der Waals surface area contributed by atoms with Crippen molar-refractivity contribution in [1.82, 2.24) is 19.5 Å². The van der Waals surface area contributed by atoms with Crippen molar-refractivity contribution in [3.63, 3.8) is 0 Å². The van der Waals surface area contributed by atoms with Gasteiger partial charge in [0.25, 0.3) is 0 Å². The number of anilines is 1. The van der Waals surface area contributed by atoms with Gasteiger partial charge in [-0.05, 0) is 37.8 Å². The smallest absolute Gasteiger partial charge is 0.165 e. The first-order chi connectivity index (χ1) is 13.4. The van der Waals surface area contributed by atoms with Gasteiger partial charge in [0.2, 0.25) is 0 Å². The molecule has 140 valence electrons. The zero-order valence-electron chi connectivity index (χ0n) is 15.4. The average Bonchev–Trinajstić information content (AvgIpc) is 3.45. The maximum atomic E-state index is 8.70. The summed E-state index contributed by atoms with van der Waals surface area (Å²) in [4.78, 5) is 16.1. The number of hydrogen-bond donors (Lipinski definition) is 0. The van der Waals surface area contributed by atoms with Crippen molar-refractivity contribution in [3.05, 3.63) is 36.8 Å². The van der Waals surface area contributed by atoms with Gasteiger partial charge in [-0.15, -0.1) is 0 Å². The minimum Gasteiger partial charge on any atom is -0.467 e. The quantitative estimate of drug-likeness (QED) is 0.560. The van der Waals surface area contributed by atoms with Crippen LogP contribution in [0.1, 0.15) is 50.7 Å². The number of nitriles is 1. The third kappa shape index (κ3) is 3.80. The van der Waals surface area contributed by atoms with E-state index in [2.05, 4.69) is 30.5 Å². The molecule has 0 aromatic carbocycles. The monoisotopic (exact) mass is 364 g/mol. The van der Waals surface area contributed by atoms with Crippen LogP contribution in [-0.2, 0) is 13.1 Å². The molecule has 7 heteroatoms. The number of aromatic nitrogens is 4. The zero-order chi connectivity index (χ0) is 18.5. The molecule has 0 unspecified atom stereocenters. The van der Waals surface area contributed by atoms with E-state index in [0.717, 1.165) is 42.1 Å². The third-order valence-corrected chi connectivity index (χ3v) is 5.26. The molecule has 1 aliphatic rings. The van der Waals surface area contributed by atoms with Crippen LogP contribution in [0.3, 0.4) is 0 Å². The summed E-state index contributed by atoms with van der Waals surface area (Å²) in [6.45, 7) is 1.51. The number of furan rings is 1. The fourth-order valence-corrected chi connectivity index (χ4v) is 3.89. The predicted octanol–water partition coefficient (Wildman–Crippen LogP) is 4.06. The van der Waals surface area contributed by atoms with E-state index >= 15 is 0 Å². The SMILES string of the molecule is N#CCCCCn1cnc2c(N(Cc3ccco3)C3CCCC3)ncnc21. The van der Waals surface area contributed by atoms with Crippen LogP contribution < -0.4 is 4.90 Å². The summed E-state index contributed by atoms with van der Waals surface area (Å²) < 4.78 is 7.67. The number of fused-ring (bicyclic) bond motifs is 1.